The predicted molar refractivity (Wildman–Crippen MR) is 94.3 cm³/mol. The van der Waals surface area contributed by atoms with Gasteiger partial charge in [0.25, 0.3) is 0 Å². The number of urea groups is 1. The molecule has 3 N–H and O–H groups in total. The first-order valence-corrected chi connectivity index (χ1v) is 8.10. The molecule has 6 heteroatoms. The van der Waals surface area contributed by atoms with E-state index in [2.05, 4.69) is 10.6 Å². The van der Waals surface area contributed by atoms with Crippen LogP contribution in [-0.2, 0) is 6.54 Å². The number of hydrogen-bond donors (Lipinski definition) is 3. The van der Waals surface area contributed by atoms with E-state index in [4.69, 9.17) is 21.4 Å². The Morgan fingerprint density at radius 3 is 2.67 bits per heavy atom. The number of halogens is 1. The van der Waals surface area contributed by atoms with Crippen LogP contribution in [0.3, 0.4) is 0 Å². The van der Waals surface area contributed by atoms with Gasteiger partial charge in [-0.05, 0) is 24.6 Å². The van der Waals surface area contributed by atoms with Gasteiger partial charge in [0, 0.05) is 17.1 Å². The van der Waals surface area contributed by atoms with Crippen LogP contribution in [0.4, 0.5) is 4.79 Å². The van der Waals surface area contributed by atoms with Gasteiger partial charge in [0.05, 0.1) is 12.6 Å². The summed E-state index contributed by atoms with van der Waals surface area (Å²) >= 11 is 6.14. The molecule has 0 radical (unpaired) electrons. The highest BCUT2D eigenvalue weighted by molar-refractivity contribution is 6.31. The molecule has 2 amide bonds. The van der Waals surface area contributed by atoms with Crippen molar-refractivity contribution in [2.45, 2.75) is 19.5 Å². The van der Waals surface area contributed by atoms with E-state index >= 15 is 0 Å². The van der Waals surface area contributed by atoms with E-state index in [0.717, 1.165) is 11.1 Å². The van der Waals surface area contributed by atoms with Crippen LogP contribution < -0.4 is 15.4 Å². The Morgan fingerprint density at radius 2 is 1.92 bits per heavy atom. The molecule has 0 aliphatic rings. The van der Waals surface area contributed by atoms with E-state index in [0.29, 0.717) is 17.3 Å². The van der Waals surface area contributed by atoms with Crippen molar-refractivity contribution in [3.63, 3.8) is 0 Å². The standard InChI is InChI=1S/C18H21ClN2O3/c1-13(15-7-3-4-8-16(15)19)21-18(23)20-12-14-6-2-5-9-17(14)24-11-10-22/h2-9,13,22H,10-12H2,1H3,(H2,20,21,23). The molecule has 128 valence electrons. The maximum Gasteiger partial charge on any atom is 0.315 e. The number of amides is 2. The van der Waals surface area contributed by atoms with E-state index in [1.165, 1.54) is 0 Å². The zero-order chi connectivity index (χ0) is 17.4. The van der Waals surface area contributed by atoms with Crippen LogP contribution in [0.25, 0.3) is 0 Å². The smallest absolute Gasteiger partial charge is 0.315 e. The number of carbonyl (C=O) groups excluding carboxylic acids is 1. The Balaban J connectivity index is 1.91. The molecule has 24 heavy (non-hydrogen) atoms. The number of hydrogen-bond acceptors (Lipinski definition) is 3. The first-order chi connectivity index (χ1) is 11.6. The number of rotatable bonds is 7. The van der Waals surface area contributed by atoms with Gasteiger partial charge in [0.1, 0.15) is 12.4 Å². The Kier molecular flexibility index (Phi) is 6.90. The summed E-state index contributed by atoms with van der Waals surface area (Å²) in [5.41, 5.74) is 1.70. The second-order valence-corrected chi connectivity index (χ2v) is 5.66. The van der Waals surface area contributed by atoms with Crippen LogP contribution >= 0.6 is 11.6 Å². The van der Waals surface area contributed by atoms with E-state index < -0.39 is 0 Å². The fourth-order valence-electron chi connectivity index (χ4n) is 2.27. The molecular formula is C18H21ClN2O3. The molecule has 1 atom stereocenters. The lowest BCUT2D eigenvalue weighted by Gasteiger charge is -2.17. The van der Waals surface area contributed by atoms with Crippen molar-refractivity contribution in [2.75, 3.05) is 13.2 Å². The van der Waals surface area contributed by atoms with Gasteiger partial charge in [-0.15, -0.1) is 0 Å². The normalized spacial score (nSPS) is 11.6. The summed E-state index contributed by atoms with van der Waals surface area (Å²) < 4.78 is 5.45. The summed E-state index contributed by atoms with van der Waals surface area (Å²) in [4.78, 5) is 12.1. The molecule has 0 aromatic heterocycles. The fourth-order valence-corrected chi connectivity index (χ4v) is 2.57. The molecule has 0 fully saturated rings. The van der Waals surface area contributed by atoms with Gasteiger partial charge in [-0.2, -0.15) is 0 Å². The molecule has 5 nitrogen and oxygen atoms in total. The predicted octanol–water partition coefficient (Wildman–Crippen LogP) is 3.27. The number of aliphatic hydroxyl groups excluding tert-OH is 1. The fraction of sp³-hybridized carbons (Fsp3) is 0.278. The third kappa shape index (κ3) is 5.15. The summed E-state index contributed by atoms with van der Waals surface area (Å²) in [7, 11) is 0. The Bertz CT molecular complexity index is 679. The Labute approximate surface area is 146 Å². The van der Waals surface area contributed by atoms with Crippen molar-refractivity contribution in [1.82, 2.24) is 10.6 Å². The molecule has 2 rings (SSSR count). The zero-order valence-corrected chi connectivity index (χ0v) is 14.2. The van der Waals surface area contributed by atoms with Gasteiger partial charge in [-0.1, -0.05) is 48.0 Å². The molecule has 0 aliphatic heterocycles. The summed E-state index contributed by atoms with van der Waals surface area (Å²) in [5, 5.41) is 15.1. The van der Waals surface area contributed by atoms with E-state index in [9.17, 15) is 4.79 Å². The highest BCUT2D eigenvalue weighted by atomic mass is 35.5. The number of ether oxygens (including phenoxy) is 1. The largest absolute Gasteiger partial charge is 0.491 e. The SMILES string of the molecule is CC(NC(=O)NCc1ccccc1OCCO)c1ccccc1Cl. The number of benzene rings is 2. The summed E-state index contributed by atoms with van der Waals surface area (Å²) in [6, 6.07) is 14.3. The molecule has 0 heterocycles. The average molecular weight is 349 g/mol. The van der Waals surface area contributed by atoms with Gasteiger partial charge in [-0.3, -0.25) is 0 Å². The molecule has 0 spiro atoms. The second-order valence-electron chi connectivity index (χ2n) is 5.25. The molecule has 0 aliphatic carbocycles. The molecule has 0 bridgehead atoms. The quantitative estimate of drug-likeness (QED) is 0.719. The van der Waals surface area contributed by atoms with Crippen LogP contribution in [0.1, 0.15) is 24.1 Å². The minimum Gasteiger partial charge on any atom is -0.491 e. The van der Waals surface area contributed by atoms with Gasteiger partial charge in [-0.25, -0.2) is 4.79 Å². The molecular weight excluding hydrogens is 328 g/mol. The summed E-state index contributed by atoms with van der Waals surface area (Å²) in [6.45, 7) is 2.35. The number of carbonyl (C=O) groups is 1. The van der Waals surface area contributed by atoms with Crippen molar-refractivity contribution in [2.24, 2.45) is 0 Å². The van der Waals surface area contributed by atoms with E-state index in [1.54, 1.807) is 12.1 Å². The van der Waals surface area contributed by atoms with Gasteiger partial charge < -0.3 is 20.5 Å². The van der Waals surface area contributed by atoms with Crippen LogP contribution in [0.15, 0.2) is 48.5 Å². The molecule has 2 aromatic carbocycles. The monoisotopic (exact) mass is 348 g/mol. The van der Waals surface area contributed by atoms with Crippen molar-refractivity contribution in [3.05, 3.63) is 64.7 Å². The maximum atomic E-state index is 12.1. The van der Waals surface area contributed by atoms with Crippen LogP contribution in [0.2, 0.25) is 5.02 Å². The molecule has 1 unspecified atom stereocenters. The number of nitrogens with one attached hydrogen (secondary N) is 2. The number of aliphatic hydroxyl groups is 1. The second kappa shape index (κ2) is 9.15. The third-order valence-corrected chi connectivity index (χ3v) is 3.82. The van der Waals surface area contributed by atoms with Crippen LogP contribution in [-0.4, -0.2) is 24.4 Å². The highest BCUT2D eigenvalue weighted by Crippen LogP contribution is 2.22. The lowest BCUT2D eigenvalue weighted by molar-refractivity contribution is 0.200. The van der Waals surface area contributed by atoms with Gasteiger partial charge >= 0.3 is 6.03 Å². The average Bonchev–Trinajstić information content (AvgIpc) is 2.59. The van der Waals surface area contributed by atoms with Crippen molar-refractivity contribution in [1.29, 1.82) is 0 Å². The van der Waals surface area contributed by atoms with Gasteiger partial charge in [0.2, 0.25) is 0 Å². The van der Waals surface area contributed by atoms with Crippen LogP contribution in [0, 0.1) is 0 Å². The lowest BCUT2D eigenvalue weighted by atomic mass is 10.1. The number of para-hydroxylation sites is 1. The van der Waals surface area contributed by atoms with E-state index in [1.807, 2.05) is 43.3 Å². The third-order valence-electron chi connectivity index (χ3n) is 3.48. The zero-order valence-electron chi connectivity index (χ0n) is 13.5. The molecule has 0 saturated heterocycles. The van der Waals surface area contributed by atoms with Gasteiger partial charge in [0.15, 0.2) is 0 Å². The summed E-state index contributed by atoms with van der Waals surface area (Å²) in [6.07, 6.45) is 0. The maximum absolute atomic E-state index is 12.1. The summed E-state index contributed by atoms with van der Waals surface area (Å²) in [5.74, 6) is 0.644. The van der Waals surface area contributed by atoms with Crippen molar-refractivity contribution < 1.29 is 14.6 Å². The van der Waals surface area contributed by atoms with Crippen LogP contribution in [0.5, 0.6) is 5.75 Å². The Morgan fingerprint density at radius 1 is 1.21 bits per heavy atom. The first kappa shape index (κ1) is 18.1. The Hall–Kier alpha value is -2.24. The lowest BCUT2D eigenvalue weighted by Crippen LogP contribution is -2.36. The van der Waals surface area contributed by atoms with Crippen molar-refractivity contribution in [3.8, 4) is 5.75 Å². The minimum atomic E-state index is -0.292. The highest BCUT2D eigenvalue weighted by Gasteiger charge is 2.12. The first-order valence-electron chi connectivity index (χ1n) is 7.72. The minimum absolute atomic E-state index is 0.0579. The topological polar surface area (TPSA) is 70.6 Å². The van der Waals surface area contributed by atoms with E-state index in [-0.39, 0.29) is 25.3 Å². The molecule has 2 aromatic rings. The van der Waals surface area contributed by atoms with Crippen molar-refractivity contribution >= 4 is 17.6 Å². The molecule has 0 saturated carbocycles.